The van der Waals surface area contributed by atoms with Crippen molar-refractivity contribution in [1.29, 1.82) is 0 Å². The lowest BCUT2D eigenvalue weighted by Gasteiger charge is -2.19. The molecule has 2 atom stereocenters. The second-order valence-electron chi connectivity index (χ2n) is 5.54. The highest BCUT2D eigenvalue weighted by Gasteiger charge is 2.33. The molecule has 1 aromatic rings. The maximum Gasteiger partial charge on any atom is 0.307 e. The summed E-state index contributed by atoms with van der Waals surface area (Å²) in [4.78, 5) is 11.1. The number of hydrogen-bond donors (Lipinski definition) is 2. The van der Waals surface area contributed by atoms with Gasteiger partial charge < -0.3 is 15.2 Å². The van der Waals surface area contributed by atoms with Crippen molar-refractivity contribution >= 4 is 21.9 Å². The molecule has 3 rings (SSSR count). The van der Waals surface area contributed by atoms with Crippen LogP contribution < -0.4 is 10.1 Å². The van der Waals surface area contributed by atoms with Crippen LogP contribution in [0.25, 0.3) is 0 Å². The van der Waals surface area contributed by atoms with E-state index >= 15 is 0 Å². The third kappa shape index (κ3) is 2.23. The molecule has 2 N–H and O–H groups in total. The summed E-state index contributed by atoms with van der Waals surface area (Å²) < 4.78 is 6.62. The van der Waals surface area contributed by atoms with E-state index < -0.39 is 5.97 Å². The Morgan fingerprint density at radius 1 is 1.50 bits per heavy atom. The first-order valence-corrected chi connectivity index (χ1v) is 7.75. The third-order valence-corrected chi connectivity index (χ3v) is 5.22. The summed E-state index contributed by atoms with van der Waals surface area (Å²) in [5.74, 6) is -0.176. The Labute approximate surface area is 126 Å². The molecular formula is C15H18BrNO3. The van der Waals surface area contributed by atoms with E-state index in [4.69, 9.17) is 9.84 Å². The Bertz CT molecular complexity index is 559. The molecule has 2 unspecified atom stereocenters. The van der Waals surface area contributed by atoms with E-state index in [1.165, 1.54) is 17.5 Å². The number of aryl methyl sites for hydroxylation is 1. The van der Waals surface area contributed by atoms with Gasteiger partial charge in [0.2, 0.25) is 0 Å². The highest BCUT2D eigenvalue weighted by Crippen LogP contribution is 2.43. The van der Waals surface area contributed by atoms with Gasteiger partial charge >= 0.3 is 5.97 Å². The minimum absolute atomic E-state index is 0.0632. The third-order valence-electron chi connectivity index (χ3n) is 4.38. The van der Waals surface area contributed by atoms with Gasteiger partial charge in [0.1, 0.15) is 5.75 Å². The van der Waals surface area contributed by atoms with Gasteiger partial charge in [-0.05, 0) is 52.7 Å². The van der Waals surface area contributed by atoms with E-state index in [2.05, 4.69) is 27.3 Å². The van der Waals surface area contributed by atoms with Gasteiger partial charge in [-0.15, -0.1) is 0 Å². The molecule has 1 aliphatic heterocycles. The van der Waals surface area contributed by atoms with Crippen LogP contribution in [0.5, 0.6) is 5.75 Å². The van der Waals surface area contributed by atoms with Crippen LogP contribution in [0.1, 0.15) is 35.6 Å². The predicted molar refractivity (Wildman–Crippen MR) is 79.2 cm³/mol. The van der Waals surface area contributed by atoms with Crippen molar-refractivity contribution in [3.8, 4) is 5.75 Å². The van der Waals surface area contributed by atoms with Crippen molar-refractivity contribution in [1.82, 2.24) is 5.32 Å². The summed E-state index contributed by atoms with van der Waals surface area (Å²) in [6.07, 6.45) is 3.98. The lowest BCUT2D eigenvalue weighted by molar-refractivity contribution is -0.141. The van der Waals surface area contributed by atoms with Crippen molar-refractivity contribution in [3.63, 3.8) is 0 Å². The number of benzene rings is 1. The van der Waals surface area contributed by atoms with E-state index in [1.807, 2.05) is 0 Å². The summed E-state index contributed by atoms with van der Waals surface area (Å²) in [6.45, 7) is 0.526. The first kappa shape index (κ1) is 13.9. The average molecular weight is 340 g/mol. The van der Waals surface area contributed by atoms with Crippen molar-refractivity contribution < 1.29 is 14.6 Å². The summed E-state index contributed by atoms with van der Waals surface area (Å²) in [7, 11) is 1.68. The standard InChI is InChI=1S/C15H18BrNO3/c1-20-14-11(12-6-9(7-17-12)15(18)19)5-8-3-2-4-10(8)13(14)16/h5,9,12,17H,2-4,6-7H2,1H3,(H,18,19). The SMILES string of the molecule is COc1c(C2CC(C(=O)O)CN2)cc2c(c1Br)CCC2. The van der Waals surface area contributed by atoms with E-state index in [0.29, 0.717) is 13.0 Å². The number of fused-ring (bicyclic) bond motifs is 1. The van der Waals surface area contributed by atoms with Gasteiger partial charge in [-0.1, -0.05) is 6.07 Å². The molecule has 0 aromatic heterocycles. The highest BCUT2D eigenvalue weighted by molar-refractivity contribution is 9.10. The molecule has 20 heavy (non-hydrogen) atoms. The maximum absolute atomic E-state index is 11.1. The molecule has 0 saturated carbocycles. The molecule has 4 nitrogen and oxygen atoms in total. The van der Waals surface area contributed by atoms with Crippen molar-refractivity contribution in [2.24, 2.45) is 5.92 Å². The quantitative estimate of drug-likeness (QED) is 0.888. The number of ether oxygens (including phenoxy) is 1. The summed E-state index contributed by atoms with van der Waals surface area (Å²) in [5.41, 5.74) is 3.80. The number of carboxylic acid groups (broad SMARTS) is 1. The molecule has 1 aromatic carbocycles. The van der Waals surface area contributed by atoms with E-state index in [0.717, 1.165) is 28.6 Å². The second kappa shape index (κ2) is 5.37. The van der Waals surface area contributed by atoms with Gasteiger partial charge in [-0.25, -0.2) is 0 Å². The fourth-order valence-corrected chi connectivity index (χ4v) is 4.16. The van der Waals surface area contributed by atoms with Crippen LogP contribution >= 0.6 is 15.9 Å². The minimum Gasteiger partial charge on any atom is -0.495 e. The Morgan fingerprint density at radius 2 is 2.30 bits per heavy atom. The predicted octanol–water partition coefficient (Wildman–Crippen LogP) is 2.68. The average Bonchev–Trinajstić information content (AvgIpc) is 3.07. The molecule has 1 fully saturated rings. The molecule has 0 radical (unpaired) electrons. The van der Waals surface area contributed by atoms with Gasteiger partial charge in [0, 0.05) is 18.2 Å². The fraction of sp³-hybridized carbons (Fsp3) is 0.533. The zero-order valence-corrected chi connectivity index (χ0v) is 13.0. The minimum atomic E-state index is -0.723. The lowest BCUT2D eigenvalue weighted by Crippen LogP contribution is -2.17. The van der Waals surface area contributed by atoms with Crippen LogP contribution in [-0.4, -0.2) is 24.7 Å². The number of nitrogens with one attached hydrogen (secondary N) is 1. The number of hydrogen-bond acceptors (Lipinski definition) is 3. The molecule has 1 heterocycles. The van der Waals surface area contributed by atoms with Gasteiger partial charge in [0.25, 0.3) is 0 Å². The Balaban J connectivity index is 1.98. The van der Waals surface area contributed by atoms with Gasteiger partial charge in [0.15, 0.2) is 0 Å². The first-order valence-electron chi connectivity index (χ1n) is 6.96. The molecule has 1 saturated heterocycles. The van der Waals surface area contributed by atoms with Crippen molar-refractivity contribution in [3.05, 3.63) is 27.2 Å². The summed E-state index contributed by atoms with van der Waals surface area (Å²) in [5, 5.41) is 12.4. The van der Waals surface area contributed by atoms with Crippen molar-refractivity contribution in [2.75, 3.05) is 13.7 Å². The molecular weight excluding hydrogens is 322 g/mol. The van der Waals surface area contributed by atoms with Gasteiger partial charge in [0.05, 0.1) is 17.5 Å². The summed E-state index contributed by atoms with van der Waals surface area (Å²) in [6, 6.07) is 2.27. The van der Waals surface area contributed by atoms with Crippen LogP contribution in [0.15, 0.2) is 10.5 Å². The number of carboxylic acids is 1. The molecule has 1 aliphatic carbocycles. The Morgan fingerprint density at radius 3 is 2.95 bits per heavy atom. The fourth-order valence-electron chi connectivity index (χ4n) is 3.32. The van der Waals surface area contributed by atoms with Crippen LogP contribution in [-0.2, 0) is 17.6 Å². The zero-order chi connectivity index (χ0) is 14.3. The lowest BCUT2D eigenvalue weighted by atomic mass is 9.96. The smallest absolute Gasteiger partial charge is 0.307 e. The van der Waals surface area contributed by atoms with Crippen LogP contribution in [0.3, 0.4) is 0 Å². The van der Waals surface area contributed by atoms with E-state index in [9.17, 15) is 4.79 Å². The molecule has 0 spiro atoms. The Kier molecular flexibility index (Phi) is 3.73. The summed E-state index contributed by atoms with van der Waals surface area (Å²) >= 11 is 3.67. The number of rotatable bonds is 3. The van der Waals surface area contributed by atoms with E-state index in [1.54, 1.807) is 7.11 Å². The zero-order valence-electron chi connectivity index (χ0n) is 11.4. The topological polar surface area (TPSA) is 58.6 Å². The Hall–Kier alpha value is -1.07. The molecule has 2 aliphatic rings. The number of aliphatic carboxylic acids is 1. The highest BCUT2D eigenvalue weighted by atomic mass is 79.9. The van der Waals surface area contributed by atoms with E-state index in [-0.39, 0.29) is 12.0 Å². The van der Waals surface area contributed by atoms with Crippen LogP contribution in [0.4, 0.5) is 0 Å². The van der Waals surface area contributed by atoms with Crippen LogP contribution in [0, 0.1) is 5.92 Å². The van der Waals surface area contributed by atoms with Gasteiger partial charge in [-0.2, -0.15) is 0 Å². The number of halogens is 1. The van der Waals surface area contributed by atoms with Gasteiger partial charge in [-0.3, -0.25) is 4.79 Å². The monoisotopic (exact) mass is 339 g/mol. The molecule has 108 valence electrons. The van der Waals surface area contributed by atoms with Crippen molar-refractivity contribution in [2.45, 2.75) is 31.7 Å². The second-order valence-corrected chi connectivity index (χ2v) is 6.33. The number of carbonyl (C=O) groups is 1. The molecule has 5 heteroatoms. The molecule has 0 amide bonds. The normalized spacial score (nSPS) is 24.7. The van der Waals surface area contributed by atoms with Crippen LogP contribution in [0.2, 0.25) is 0 Å². The largest absolute Gasteiger partial charge is 0.495 e. The number of methoxy groups -OCH3 is 1. The maximum atomic E-state index is 11.1. The first-order chi connectivity index (χ1) is 9.61. The molecule has 0 bridgehead atoms.